The number of aliphatic hydroxyl groups is 2. The molecule has 0 atom stereocenters. The normalized spacial score (nSPS) is 11.5. The lowest BCUT2D eigenvalue weighted by molar-refractivity contribution is 0.281. The molecular formula is C25H24N2O2. The van der Waals surface area contributed by atoms with E-state index in [0.29, 0.717) is 13.1 Å². The van der Waals surface area contributed by atoms with Crippen molar-refractivity contribution in [2.24, 2.45) is 0 Å². The number of anilines is 1. The van der Waals surface area contributed by atoms with Crippen molar-refractivity contribution in [1.29, 1.82) is 0 Å². The second-order valence-electron chi connectivity index (χ2n) is 6.92. The summed E-state index contributed by atoms with van der Waals surface area (Å²) in [6.07, 6.45) is 4.11. The second kappa shape index (κ2) is 8.86. The van der Waals surface area contributed by atoms with Crippen LogP contribution in [0, 0.1) is 0 Å². The number of rotatable bonds is 7. The highest BCUT2D eigenvalue weighted by molar-refractivity contribution is 5.95. The van der Waals surface area contributed by atoms with Crippen LogP contribution < -0.4 is 4.90 Å². The first-order valence-corrected chi connectivity index (χ1v) is 9.82. The molecule has 4 heteroatoms. The Kier molecular flexibility index (Phi) is 5.84. The Labute approximate surface area is 170 Å². The van der Waals surface area contributed by atoms with Crippen LogP contribution in [0.1, 0.15) is 11.3 Å². The van der Waals surface area contributed by atoms with Crippen LogP contribution in [-0.2, 0) is 0 Å². The van der Waals surface area contributed by atoms with Crippen LogP contribution in [-0.4, -0.2) is 41.5 Å². The van der Waals surface area contributed by atoms with Gasteiger partial charge in [0, 0.05) is 24.2 Å². The first-order chi connectivity index (χ1) is 14.3. The quantitative estimate of drug-likeness (QED) is 0.497. The van der Waals surface area contributed by atoms with Gasteiger partial charge in [-0.05, 0) is 34.5 Å². The van der Waals surface area contributed by atoms with Crippen LogP contribution in [0.15, 0.2) is 72.8 Å². The van der Waals surface area contributed by atoms with E-state index in [1.807, 2.05) is 53.4 Å². The van der Waals surface area contributed by atoms with Crippen LogP contribution in [0.5, 0.6) is 0 Å². The zero-order valence-electron chi connectivity index (χ0n) is 16.2. The van der Waals surface area contributed by atoms with Crippen molar-refractivity contribution in [1.82, 2.24) is 4.98 Å². The summed E-state index contributed by atoms with van der Waals surface area (Å²) in [5, 5.41) is 22.4. The Balaban J connectivity index is 1.78. The van der Waals surface area contributed by atoms with Crippen molar-refractivity contribution in [3.63, 3.8) is 0 Å². The van der Waals surface area contributed by atoms with Crippen LogP contribution in [0.2, 0.25) is 0 Å². The molecule has 1 heterocycles. The Morgan fingerprint density at radius 2 is 1.45 bits per heavy atom. The number of hydrogen-bond acceptors (Lipinski definition) is 4. The van der Waals surface area contributed by atoms with Gasteiger partial charge in [-0.1, -0.05) is 66.7 Å². The van der Waals surface area contributed by atoms with Gasteiger partial charge in [-0.15, -0.1) is 0 Å². The molecule has 146 valence electrons. The number of benzene rings is 3. The monoisotopic (exact) mass is 384 g/mol. The number of aromatic nitrogens is 1. The molecule has 2 N–H and O–H groups in total. The summed E-state index contributed by atoms with van der Waals surface area (Å²) >= 11 is 0. The van der Waals surface area contributed by atoms with Crippen molar-refractivity contribution in [2.75, 3.05) is 31.2 Å². The van der Waals surface area contributed by atoms with E-state index in [2.05, 4.69) is 36.4 Å². The van der Waals surface area contributed by atoms with Gasteiger partial charge in [-0.3, -0.25) is 0 Å². The molecule has 4 rings (SSSR count). The Morgan fingerprint density at radius 3 is 2.24 bits per heavy atom. The van der Waals surface area contributed by atoms with Gasteiger partial charge < -0.3 is 15.1 Å². The summed E-state index contributed by atoms with van der Waals surface area (Å²) in [4.78, 5) is 6.79. The molecule has 0 unspecified atom stereocenters. The summed E-state index contributed by atoms with van der Waals surface area (Å²) in [7, 11) is 0. The zero-order chi connectivity index (χ0) is 20.1. The van der Waals surface area contributed by atoms with Crippen molar-refractivity contribution < 1.29 is 10.2 Å². The van der Waals surface area contributed by atoms with Gasteiger partial charge in [0.2, 0.25) is 0 Å². The first kappa shape index (κ1) is 19.1. The smallest absolute Gasteiger partial charge is 0.0730 e. The Hall–Kier alpha value is -3.21. The Bertz CT molecular complexity index is 1140. The lowest BCUT2D eigenvalue weighted by Gasteiger charge is -2.24. The van der Waals surface area contributed by atoms with E-state index >= 15 is 0 Å². The summed E-state index contributed by atoms with van der Waals surface area (Å²) in [5.41, 5.74) is 3.84. The first-order valence-electron chi connectivity index (χ1n) is 9.82. The van der Waals surface area contributed by atoms with Gasteiger partial charge in [0.25, 0.3) is 0 Å². The molecule has 0 radical (unpaired) electrons. The van der Waals surface area contributed by atoms with Gasteiger partial charge in [-0.2, -0.15) is 0 Å². The maximum Gasteiger partial charge on any atom is 0.0730 e. The standard InChI is InChI=1S/C25H24N2O2/c28-16-14-27(15-17-29)25-18-21(26-24-11-4-3-10-23(24)25)13-12-20-8-5-7-19-6-1-2-9-22(19)20/h1-13,18,28-29H,14-17H2. The molecule has 0 bridgehead atoms. The highest BCUT2D eigenvalue weighted by atomic mass is 16.3. The van der Waals surface area contributed by atoms with Gasteiger partial charge >= 0.3 is 0 Å². The highest BCUT2D eigenvalue weighted by Crippen LogP contribution is 2.28. The fourth-order valence-corrected chi connectivity index (χ4v) is 3.69. The molecule has 0 saturated carbocycles. The topological polar surface area (TPSA) is 56.6 Å². The van der Waals surface area contributed by atoms with Gasteiger partial charge in [0.05, 0.1) is 24.4 Å². The molecule has 0 spiro atoms. The molecule has 0 aliphatic carbocycles. The largest absolute Gasteiger partial charge is 0.395 e. The number of hydrogen-bond donors (Lipinski definition) is 2. The SMILES string of the molecule is OCCN(CCO)c1cc(C=Cc2cccc3ccccc23)nc2ccccc12. The Morgan fingerprint density at radius 1 is 0.759 bits per heavy atom. The van der Waals surface area contributed by atoms with E-state index in [4.69, 9.17) is 4.98 Å². The van der Waals surface area contributed by atoms with Gasteiger partial charge in [0.15, 0.2) is 0 Å². The summed E-state index contributed by atoms with van der Waals surface area (Å²) < 4.78 is 0. The fraction of sp³-hybridized carbons (Fsp3) is 0.160. The lowest BCUT2D eigenvalue weighted by Crippen LogP contribution is -2.30. The van der Waals surface area contributed by atoms with Crippen molar-refractivity contribution in [3.8, 4) is 0 Å². The average Bonchev–Trinajstić information content (AvgIpc) is 2.77. The molecule has 0 fully saturated rings. The highest BCUT2D eigenvalue weighted by Gasteiger charge is 2.11. The minimum Gasteiger partial charge on any atom is -0.395 e. The van der Waals surface area contributed by atoms with E-state index in [0.717, 1.165) is 27.8 Å². The third-order valence-electron chi connectivity index (χ3n) is 5.05. The van der Waals surface area contributed by atoms with E-state index in [1.54, 1.807) is 0 Å². The summed E-state index contributed by atoms with van der Waals surface area (Å²) in [5.74, 6) is 0. The molecule has 0 amide bonds. The number of fused-ring (bicyclic) bond motifs is 2. The molecule has 4 aromatic rings. The maximum atomic E-state index is 9.47. The average molecular weight is 384 g/mol. The van der Waals surface area contributed by atoms with E-state index in [9.17, 15) is 10.2 Å². The summed E-state index contributed by atoms with van der Waals surface area (Å²) in [6.45, 7) is 0.970. The van der Waals surface area contributed by atoms with Gasteiger partial charge in [-0.25, -0.2) is 4.98 Å². The molecular weight excluding hydrogens is 360 g/mol. The van der Waals surface area contributed by atoms with Crippen molar-refractivity contribution >= 4 is 39.5 Å². The molecule has 0 aliphatic heterocycles. The predicted octanol–water partition coefficient (Wildman–Crippen LogP) is 4.35. The van der Waals surface area contributed by atoms with Crippen molar-refractivity contribution in [3.05, 3.63) is 84.1 Å². The van der Waals surface area contributed by atoms with Crippen LogP contribution >= 0.6 is 0 Å². The van der Waals surface area contributed by atoms with E-state index < -0.39 is 0 Å². The number of pyridine rings is 1. The molecule has 0 saturated heterocycles. The van der Waals surface area contributed by atoms with E-state index in [1.165, 1.54) is 10.8 Å². The van der Waals surface area contributed by atoms with E-state index in [-0.39, 0.29) is 13.2 Å². The second-order valence-corrected chi connectivity index (χ2v) is 6.92. The maximum absolute atomic E-state index is 9.47. The van der Waals surface area contributed by atoms with Crippen LogP contribution in [0.25, 0.3) is 33.8 Å². The lowest BCUT2D eigenvalue weighted by atomic mass is 10.0. The minimum absolute atomic E-state index is 0.0256. The molecule has 3 aromatic carbocycles. The third-order valence-corrected chi connectivity index (χ3v) is 5.05. The van der Waals surface area contributed by atoms with Crippen LogP contribution in [0.4, 0.5) is 5.69 Å². The molecule has 29 heavy (non-hydrogen) atoms. The fourth-order valence-electron chi connectivity index (χ4n) is 3.69. The number of para-hydroxylation sites is 1. The number of aliphatic hydroxyl groups excluding tert-OH is 2. The molecule has 0 aliphatic rings. The zero-order valence-corrected chi connectivity index (χ0v) is 16.2. The van der Waals surface area contributed by atoms with Gasteiger partial charge in [0.1, 0.15) is 0 Å². The number of nitrogens with zero attached hydrogens (tertiary/aromatic N) is 2. The minimum atomic E-state index is 0.0256. The van der Waals surface area contributed by atoms with Crippen LogP contribution in [0.3, 0.4) is 0 Å². The third kappa shape index (κ3) is 4.14. The summed E-state index contributed by atoms with van der Waals surface area (Å²) in [6, 6.07) is 24.6. The van der Waals surface area contributed by atoms with Crippen molar-refractivity contribution in [2.45, 2.75) is 0 Å². The molecule has 1 aromatic heterocycles. The predicted molar refractivity (Wildman–Crippen MR) is 121 cm³/mol. The molecule has 4 nitrogen and oxygen atoms in total.